The summed E-state index contributed by atoms with van der Waals surface area (Å²) < 4.78 is 4.60. The largest absolute Gasteiger partial charge is 0.465 e. The van der Waals surface area contributed by atoms with E-state index in [0.29, 0.717) is 4.88 Å². The van der Waals surface area contributed by atoms with Crippen LogP contribution in [0, 0.1) is 0 Å². The number of esters is 1. The van der Waals surface area contributed by atoms with Crippen molar-refractivity contribution in [1.29, 1.82) is 0 Å². The van der Waals surface area contributed by atoms with Gasteiger partial charge in [0.05, 0.1) is 7.11 Å². The molecule has 1 rings (SSSR count). The molecule has 1 atom stereocenters. The summed E-state index contributed by atoms with van der Waals surface area (Å²) in [5.74, 6) is -0.308. The van der Waals surface area contributed by atoms with Gasteiger partial charge >= 0.3 is 5.97 Å². The third-order valence-corrected chi connectivity index (χ3v) is 2.47. The lowest BCUT2D eigenvalue weighted by Gasteiger charge is -2.04. The van der Waals surface area contributed by atoms with E-state index in [9.17, 15) is 4.79 Å². The van der Waals surface area contributed by atoms with Gasteiger partial charge in [0, 0.05) is 6.04 Å². The average molecular weight is 185 g/mol. The fourth-order valence-electron chi connectivity index (χ4n) is 0.936. The van der Waals surface area contributed by atoms with Gasteiger partial charge in [-0.1, -0.05) is 0 Å². The van der Waals surface area contributed by atoms with E-state index in [0.717, 1.165) is 5.56 Å². The molecule has 0 fully saturated rings. The fraction of sp³-hybridized carbons (Fsp3) is 0.375. The van der Waals surface area contributed by atoms with Crippen molar-refractivity contribution in [2.75, 3.05) is 7.11 Å². The highest BCUT2D eigenvalue weighted by Crippen LogP contribution is 2.22. The molecular formula is C8H11NO2S. The van der Waals surface area contributed by atoms with Crippen LogP contribution in [0.5, 0.6) is 0 Å². The van der Waals surface area contributed by atoms with Gasteiger partial charge in [-0.15, -0.1) is 11.3 Å². The monoisotopic (exact) mass is 185 g/mol. The number of carbonyl (C=O) groups excluding carboxylic acids is 1. The highest BCUT2D eigenvalue weighted by atomic mass is 32.1. The van der Waals surface area contributed by atoms with E-state index in [1.165, 1.54) is 18.4 Å². The van der Waals surface area contributed by atoms with Crippen LogP contribution < -0.4 is 5.73 Å². The minimum Gasteiger partial charge on any atom is -0.465 e. The maximum Gasteiger partial charge on any atom is 0.348 e. The first kappa shape index (κ1) is 9.22. The molecule has 0 aliphatic heterocycles. The van der Waals surface area contributed by atoms with Gasteiger partial charge in [0.2, 0.25) is 0 Å². The SMILES string of the molecule is COC(=O)c1sccc1[C@H](C)N. The van der Waals surface area contributed by atoms with E-state index in [1.54, 1.807) is 0 Å². The van der Waals surface area contributed by atoms with Crippen LogP contribution >= 0.6 is 11.3 Å². The molecule has 0 aliphatic carbocycles. The summed E-state index contributed by atoms with van der Waals surface area (Å²) in [6, 6.07) is 1.73. The summed E-state index contributed by atoms with van der Waals surface area (Å²) in [7, 11) is 1.37. The number of hydrogen-bond acceptors (Lipinski definition) is 4. The molecule has 12 heavy (non-hydrogen) atoms. The van der Waals surface area contributed by atoms with Gasteiger partial charge in [0.25, 0.3) is 0 Å². The lowest BCUT2D eigenvalue weighted by molar-refractivity contribution is 0.0604. The van der Waals surface area contributed by atoms with Crippen molar-refractivity contribution in [2.45, 2.75) is 13.0 Å². The van der Waals surface area contributed by atoms with Crippen LogP contribution in [0.4, 0.5) is 0 Å². The summed E-state index contributed by atoms with van der Waals surface area (Å²) in [6.07, 6.45) is 0. The maximum absolute atomic E-state index is 11.1. The first-order valence-corrected chi connectivity index (χ1v) is 4.46. The molecule has 1 aromatic heterocycles. The van der Waals surface area contributed by atoms with Gasteiger partial charge in [0.1, 0.15) is 4.88 Å². The Morgan fingerprint density at radius 3 is 2.92 bits per heavy atom. The lowest BCUT2D eigenvalue weighted by Crippen LogP contribution is -2.09. The Morgan fingerprint density at radius 2 is 2.42 bits per heavy atom. The second kappa shape index (κ2) is 3.69. The Kier molecular flexibility index (Phi) is 2.83. The van der Waals surface area contributed by atoms with Crippen molar-refractivity contribution in [3.8, 4) is 0 Å². The highest BCUT2D eigenvalue weighted by Gasteiger charge is 2.15. The van der Waals surface area contributed by atoms with Crippen molar-refractivity contribution >= 4 is 17.3 Å². The topological polar surface area (TPSA) is 52.3 Å². The predicted octanol–water partition coefficient (Wildman–Crippen LogP) is 1.55. The quantitative estimate of drug-likeness (QED) is 0.711. The molecule has 0 unspecified atom stereocenters. The predicted molar refractivity (Wildman–Crippen MR) is 48.3 cm³/mol. The zero-order valence-corrected chi connectivity index (χ0v) is 7.85. The molecule has 1 heterocycles. The number of methoxy groups -OCH3 is 1. The Morgan fingerprint density at radius 1 is 1.75 bits per heavy atom. The fourth-order valence-corrected chi connectivity index (χ4v) is 1.86. The molecule has 0 radical (unpaired) electrons. The molecule has 0 aromatic carbocycles. The molecule has 2 N–H and O–H groups in total. The third-order valence-electron chi connectivity index (χ3n) is 1.56. The van der Waals surface area contributed by atoms with E-state index in [-0.39, 0.29) is 12.0 Å². The number of thiophene rings is 1. The van der Waals surface area contributed by atoms with Crippen LogP contribution in [0.15, 0.2) is 11.4 Å². The van der Waals surface area contributed by atoms with Crippen LogP contribution in [-0.2, 0) is 4.74 Å². The third kappa shape index (κ3) is 1.65. The zero-order valence-electron chi connectivity index (χ0n) is 7.03. The number of carbonyl (C=O) groups is 1. The second-order valence-corrected chi connectivity index (χ2v) is 3.40. The standard InChI is InChI=1S/C8H11NO2S/c1-5(9)6-3-4-12-7(6)8(10)11-2/h3-5H,9H2,1-2H3/t5-/m0/s1. The normalized spacial score (nSPS) is 12.6. The Labute approximate surface area is 75.1 Å². The van der Waals surface area contributed by atoms with Crippen molar-refractivity contribution in [3.05, 3.63) is 21.9 Å². The molecule has 0 aliphatic rings. The van der Waals surface area contributed by atoms with Crippen molar-refractivity contribution in [2.24, 2.45) is 5.73 Å². The summed E-state index contributed by atoms with van der Waals surface area (Å²) in [4.78, 5) is 11.7. The molecule has 0 amide bonds. The Hall–Kier alpha value is -0.870. The van der Waals surface area contributed by atoms with Crippen LogP contribution in [-0.4, -0.2) is 13.1 Å². The van der Waals surface area contributed by atoms with E-state index in [1.807, 2.05) is 18.4 Å². The molecule has 0 saturated heterocycles. The van der Waals surface area contributed by atoms with Crippen molar-refractivity contribution < 1.29 is 9.53 Å². The van der Waals surface area contributed by atoms with Crippen LogP contribution in [0.2, 0.25) is 0 Å². The first-order chi connectivity index (χ1) is 5.66. The smallest absolute Gasteiger partial charge is 0.348 e. The highest BCUT2D eigenvalue weighted by molar-refractivity contribution is 7.12. The van der Waals surface area contributed by atoms with Crippen molar-refractivity contribution in [1.82, 2.24) is 0 Å². The molecular weight excluding hydrogens is 174 g/mol. The summed E-state index contributed by atoms with van der Waals surface area (Å²) >= 11 is 1.36. The van der Waals surface area contributed by atoms with Gasteiger partial charge in [0.15, 0.2) is 0 Å². The molecule has 1 aromatic rings. The maximum atomic E-state index is 11.1. The minimum atomic E-state index is -0.308. The summed E-state index contributed by atoms with van der Waals surface area (Å²) in [5, 5.41) is 1.84. The van der Waals surface area contributed by atoms with E-state index in [2.05, 4.69) is 4.74 Å². The molecule has 0 bridgehead atoms. The lowest BCUT2D eigenvalue weighted by atomic mass is 10.1. The van der Waals surface area contributed by atoms with Gasteiger partial charge in [-0.05, 0) is 23.9 Å². The average Bonchev–Trinajstić information content (AvgIpc) is 2.50. The van der Waals surface area contributed by atoms with Gasteiger partial charge < -0.3 is 10.5 Å². The Balaban J connectivity index is 2.99. The first-order valence-electron chi connectivity index (χ1n) is 3.58. The van der Waals surface area contributed by atoms with Gasteiger partial charge in [-0.2, -0.15) is 0 Å². The number of nitrogens with two attached hydrogens (primary N) is 1. The van der Waals surface area contributed by atoms with E-state index < -0.39 is 0 Å². The molecule has 66 valence electrons. The van der Waals surface area contributed by atoms with Crippen LogP contribution in [0.1, 0.15) is 28.2 Å². The van der Waals surface area contributed by atoms with Gasteiger partial charge in [-0.25, -0.2) is 4.79 Å². The van der Waals surface area contributed by atoms with Crippen LogP contribution in [0.3, 0.4) is 0 Å². The van der Waals surface area contributed by atoms with Crippen LogP contribution in [0.25, 0.3) is 0 Å². The molecule has 4 heteroatoms. The molecule has 3 nitrogen and oxygen atoms in total. The number of ether oxygens (including phenoxy) is 1. The minimum absolute atomic E-state index is 0.120. The summed E-state index contributed by atoms with van der Waals surface area (Å²) in [6.45, 7) is 1.84. The zero-order chi connectivity index (χ0) is 9.14. The van der Waals surface area contributed by atoms with Gasteiger partial charge in [-0.3, -0.25) is 0 Å². The summed E-state index contributed by atoms with van der Waals surface area (Å²) in [5.41, 5.74) is 6.50. The Bertz CT molecular complexity index is 280. The second-order valence-electron chi connectivity index (χ2n) is 2.49. The van der Waals surface area contributed by atoms with E-state index >= 15 is 0 Å². The number of rotatable bonds is 2. The van der Waals surface area contributed by atoms with Crippen molar-refractivity contribution in [3.63, 3.8) is 0 Å². The molecule has 0 saturated carbocycles. The van der Waals surface area contributed by atoms with E-state index in [4.69, 9.17) is 5.73 Å². The molecule has 0 spiro atoms. The number of hydrogen-bond donors (Lipinski definition) is 1.